The van der Waals surface area contributed by atoms with Crippen molar-refractivity contribution in [2.45, 2.75) is 32.6 Å². The Morgan fingerprint density at radius 1 is 1.47 bits per heavy atom. The number of fused-ring (bicyclic) bond motifs is 1. The molecule has 0 aliphatic carbocycles. The second kappa shape index (κ2) is 3.88. The Kier molecular flexibility index (Phi) is 2.58. The molecule has 2 aromatic rings. The SMILES string of the molecule is CCCC(C)c1nccc2[nH]c(=O)[nH]c12. The van der Waals surface area contributed by atoms with E-state index < -0.39 is 0 Å². The fourth-order valence-electron chi connectivity index (χ4n) is 1.92. The van der Waals surface area contributed by atoms with Gasteiger partial charge in [0.25, 0.3) is 0 Å². The molecule has 0 aliphatic heterocycles. The molecule has 0 aliphatic rings. The van der Waals surface area contributed by atoms with Crippen molar-refractivity contribution in [3.05, 3.63) is 28.4 Å². The second-order valence-electron chi connectivity index (χ2n) is 3.89. The highest BCUT2D eigenvalue weighted by atomic mass is 16.1. The average molecular weight is 205 g/mol. The molecule has 0 spiro atoms. The first kappa shape index (κ1) is 9.96. The minimum absolute atomic E-state index is 0.164. The highest BCUT2D eigenvalue weighted by molar-refractivity contribution is 5.76. The molecule has 4 nitrogen and oxygen atoms in total. The first-order valence-corrected chi connectivity index (χ1v) is 5.29. The van der Waals surface area contributed by atoms with E-state index in [9.17, 15) is 4.79 Å². The third-order valence-corrected chi connectivity index (χ3v) is 2.66. The summed E-state index contributed by atoms with van der Waals surface area (Å²) in [5.74, 6) is 0.380. The number of hydrogen-bond donors (Lipinski definition) is 2. The summed E-state index contributed by atoms with van der Waals surface area (Å²) in [6.07, 6.45) is 3.95. The lowest BCUT2D eigenvalue weighted by Gasteiger charge is -2.09. The molecule has 1 atom stereocenters. The van der Waals surface area contributed by atoms with E-state index in [2.05, 4.69) is 28.8 Å². The van der Waals surface area contributed by atoms with Crippen molar-refractivity contribution in [3.8, 4) is 0 Å². The van der Waals surface area contributed by atoms with Crippen LogP contribution in [0.3, 0.4) is 0 Å². The number of nitrogens with one attached hydrogen (secondary N) is 2. The van der Waals surface area contributed by atoms with Crippen molar-refractivity contribution in [1.29, 1.82) is 0 Å². The van der Waals surface area contributed by atoms with E-state index in [-0.39, 0.29) is 5.69 Å². The molecule has 2 rings (SSSR count). The minimum atomic E-state index is -0.164. The number of aromatic amines is 2. The largest absolute Gasteiger partial charge is 0.323 e. The quantitative estimate of drug-likeness (QED) is 0.806. The Morgan fingerprint density at radius 2 is 2.27 bits per heavy atom. The van der Waals surface area contributed by atoms with Crippen LogP contribution in [0.1, 0.15) is 38.3 Å². The summed E-state index contributed by atoms with van der Waals surface area (Å²) in [5.41, 5.74) is 2.51. The zero-order chi connectivity index (χ0) is 10.8. The second-order valence-corrected chi connectivity index (χ2v) is 3.89. The van der Waals surface area contributed by atoms with E-state index in [4.69, 9.17) is 0 Å². The van der Waals surface area contributed by atoms with Gasteiger partial charge in [0.05, 0.1) is 16.7 Å². The van der Waals surface area contributed by atoms with Crippen LogP contribution in [-0.4, -0.2) is 15.0 Å². The van der Waals surface area contributed by atoms with Crippen LogP contribution in [0.25, 0.3) is 11.0 Å². The van der Waals surface area contributed by atoms with Gasteiger partial charge in [0.15, 0.2) is 0 Å². The molecule has 0 saturated heterocycles. The Morgan fingerprint density at radius 3 is 3.00 bits per heavy atom. The van der Waals surface area contributed by atoms with E-state index in [1.807, 2.05) is 6.07 Å². The summed E-state index contributed by atoms with van der Waals surface area (Å²) in [7, 11) is 0. The number of hydrogen-bond acceptors (Lipinski definition) is 2. The minimum Gasteiger partial charge on any atom is -0.306 e. The molecule has 0 radical (unpaired) electrons. The van der Waals surface area contributed by atoms with Gasteiger partial charge in [0.2, 0.25) is 0 Å². The van der Waals surface area contributed by atoms with Crippen LogP contribution in [0.2, 0.25) is 0 Å². The van der Waals surface area contributed by atoms with Crippen molar-refractivity contribution in [1.82, 2.24) is 15.0 Å². The number of aromatic nitrogens is 3. The lowest BCUT2D eigenvalue weighted by atomic mass is 10.0. The Bertz CT molecular complexity index is 512. The van der Waals surface area contributed by atoms with Gasteiger partial charge in [0.1, 0.15) is 0 Å². The third-order valence-electron chi connectivity index (χ3n) is 2.66. The molecule has 0 bridgehead atoms. The average Bonchev–Trinajstić information content (AvgIpc) is 2.57. The first-order chi connectivity index (χ1) is 7.22. The molecule has 15 heavy (non-hydrogen) atoms. The van der Waals surface area contributed by atoms with Crippen LogP contribution in [0, 0.1) is 0 Å². The summed E-state index contributed by atoms with van der Waals surface area (Å²) in [6.45, 7) is 4.28. The standard InChI is InChI=1S/C11H15N3O/c1-3-4-7(2)9-10-8(5-6-12-9)13-11(15)14-10/h5-7H,3-4H2,1-2H3,(H2,13,14,15). The van der Waals surface area contributed by atoms with Gasteiger partial charge in [-0.05, 0) is 12.5 Å². The van der Waals surface area contributed by atoms with Gasteiger partial charge < -0.3 is 9.97 Å². The van der Waals surface area contributed by atoms with E-state index in [1.54, 1.807) is 6.20 Å². The van der Waals surface area contributed by atoms with Crippen molar-refractivity contribution in [3.63, 3.8) is 0 Å². The van der Waals surface area contributed by atoms with E-state index in [0.717, 1.165) is 29.6 Å². The molecule has 4 heteroatoms. The molecule has 0 aromatic carbocycles. The lowest BCUT2D eigenvalue weighted by molar-refractivity contribution is 0.651. The predicted molar refractivity (Wildman–Crippen MR) is 60.0 cm³/mol. The van der Waals surface area contributed by atoms with Gasteiger partial charge in [-0.1, -0.05) is 20.3 Å². The van der Waals surface area contributed by atoms with Crippen molar-refractivity contribution in [2.24, 2.45) is 0 Å². The van der Waals surface area contributed by atoms with Crippen LogP contribution < -0.4 is 5.69 Å². The number of pyridine rings is 1. The number of nitrogens with zero attached hydrogens (tertiary/aromatic N) is 1. The summed E-state index contributed by atoms with van der Waals surface area (Å²) in [6, 6.07) is 1.81. The predicted octanol–water partition coefficient (Wildman–Crippen LogP) is 2.15. The van der Waals surface area contributed by atoms with Crippen LogP contribution in [0.15, 0.2) is 17.1 Å². The molecular weight excluding hydrogens is 190 g/mol. The topological polar surface area (TPSA) is 61.5 Å². The molecule has 2 heterocycles. The fourth-order valence-corrected chi connectivity index (χ4v) is 1.92. The summed E-state index contributed by atoms with van der Waals surface area (Å²) < 4.78 is 0. The van der Waals surface area contributed by atoms with Crippen LogP contribution in [0.4, 0.5) is 0 Å². The maximum absolute atomic E-state index is 11.2. The fraction of sp³-hybridized carbons (Fsp3) is 0.455. The third kappa shape index (κ3) is 1.79. The van der Waals surface area contributed by atoms with Crippen molar-refractivity contribution < 1.29 is 0 Å². The summed E-state index contributed by atoms with van der Waals surface area (Å²) in [4.78, 5) is 21.1. The zero-order valence-electron chi connectivity index (χ0n) is 9.00. The monoisotopic (exact) mass is 205 g/mol. The lowest BCUT2D eigenvalue weighted by Crippen LogP contribution is -2.01. The molecule has 1 unspecified atom stereocenters. The maximum Gasteiger partial charge on any atom is 0.323 e. The number of H-pyrrole nitrogens is 2. The smallest absolute Gasteiger partial charge is 0.306 e. The van der Waals surface area contributed by atoms with Gasteiger partial charge in [0, 0.05) is 12.1 Å². The van der Waals surface area contributed by atoms with Crippen LogP contribution in [-0.2, 0) is 0 Å². The Balaban J connectivity index is 2.54. The van der Waals surface area contributed by atoms with Gasteiger partial charge >= 0.3 is 5.69 Å². The van der Waals surface area contributed by atoms with Crippen molar-refractivity contribution >= 4 is 11.0 Å². The van der Waals surface area contributed by atoms with E-state index >= 15 is 0 Å². The Labute approximate surface area is 87.7 Å². The molecule has 2 aromatic heterocycles. The molecule has 80 valence electrons. The number of rotatable bonds is 3. The maximum atomic E-state index is 11.2. The molecule has 0 fully saturated rings. The van der Waals surface area contributed by atoms with E-state index in [0.29, 0.717) is 5.92 Å². The number of imidazole rings is 1. The zero-order valence-corrected chi connectivity index (χ0v) is 9.00. The van der Waals surface area contributed by atoms with Gasteiger partial charge in [-0.2, -0.15) is 0 Å². The van der Waals surface area contributed by atoms with Crippen molar-refractivity contribution in [2.75, 3.05) is 0 Å². The van der Waals surface area contributed by atoms with Gasteiger partial charge in [-0.3, -0.25) is 4.98 Å². The highest BCUT2D eigenvalue weighted by Crippen LogP contribution is 2.23. The van der Waals surface area contributed by atoms with Crippen LogP contribution >= 0.6 is 0 Å². The van der Waals surface area contributed by atoms with Gasteiger partial charge in [-0.25, -0.2) is 4.79 Å². The van der Waals surface area contributed by atoms with Crippen LogP contribution in [0.5, 0.6) is 0 Å². The summed E-state index contributed by atoms with van der Waals surface area (Å²) in [5, 5.41) is 0. The molecular formula is C11H15N3O. The normalized spacial score (nSPS) is 13.2. The molecule has 0 amide bonds. The van der Waals surface area contributed by atoms with Gasteiger partial charge in [-0.15, -0.1) is 0 Å². The van der Waals surface area contributed by atoms with E-state index in [1.165, 1.54) is 0 Å². The molecule has 2 N–H and O–H groups in total. The highest BCUT2D eigenvalue weighted by Gasteiger charge is 2.11. The molecule has 0 saturated carbocycles. The summed E-state index contributed by atoms with van der Waals surface area (Å²) >= 11 is 0. The first-order valence-electron chi connectivity index (χ1n) is 5.29. The Hall–Kier alpha value is -1.58.